The minimum Gasteiger partial charge on any atom is -0.394 e. The van der Waals surface area contributed by atoms with Crippen LogP contribution >= 0.6 is 11.6 Å². The normalized spacial score (nSPS) is 14.1. The van der Waals surface area contributed by atoms with E-state index in [1.165, 1.54) is 0 Å². The molecule has 1 rings (SSSR count). The molecule has 4 heteroatoms. The van der Waals surface area contributed by atoms with E-state index in [9.17, 15) is 5.11 Å². The number of likely N-dealkylation sites (N-methyl/N-ethyl adjacent to an activating group) is 1. The van der Waals surface area contributed by atoms with Gasteiger partial charge in [-0.15, -0.1) is 0 Å². The Balaban J connectivity index is 2.99. The highest BCUT2D eigenvalue weighted by Gasteiger charge is 2.29. The third-order valence-electron chi connectivity index (χ3n) is 3.27. The van der Waals surface area contributed by atoms with E-state index in [-0.39, 0.29) is 18.2 Å². The monoisotopic (exact) mass is 256 g/mol. The fraction of sp³-hybridized carbons (Fsp3) is 0.538. The van der Waals surface area contributed by atoms with Crippen molar-refractivity contribution in [2.24, 2.45) is 5.73 Å². The molecule has 0 aliphatic rings. The third kappa shape index (κ3) is 3.42. The van der Waals surface area contributed by atoms with Crippen LogP contribution < -0.4 is 5.73 Å². The Kier molecular flexibility index (Phi) is 4.95. The number of halogens is 1. The summed E-state index contributed by atoms with van der Waals surface area (Å²) in [6.45, 7) is 4.54. The maximum atomic E-state index is 9.40. The standard InChI is InChI=1S/C13H21ClN2O/c1-13(2,9-17)16(3)12(8-15)10-5-4-6-11(14)7-10/h4-7,12,17H,8-9,15H2,1-3H3. The van der Waals surface area contributed by atoms with Crippen LogP contribution in [0.2, 0.25) is 5.02 Å². The number of nitrogens with two attached hydrogens (primary N) is 1. The summed E-state index contributed by atoms with van der Waals surface area (Å²) in [4.78, 5) is 2.08. The fourth-order valence-electron chi connectivity index (χ4n) is 1.77. The average Bonchev–Trinajstić information content (AvgIpc) is 2.30. The van der Waals surface area contributed by atoms with Crippen molar-refractivity contribution in [3.63, 3.8) is 0 Å². The number of hydrogen-bond acceptors (Lipinski definition) is 3. The first-order valence-corrected chi connectivity index (χ1v) is 6.09. The molecule has 0 aromatic heterocycles. The minimum absolute atomic E-state index is 0.0517. The van der Waals surface area contributed by atoms with Gasteiger partial charge in [0.1, 0.15) is 0 Å². The van der Waals surface area contributed by atoms with Gasteiger partial charge >= 0.3 is 0 Å². The summed E-state index contributed by atoms with van der Waals surface area (Å²) < 4.78 is 0. The van der Waals surface area contributed by atoms with Crippen LogP contribution in [0.1, 0.15) is 25.5 Å². The zero-order valence-electron chi connectivity index (χ0n) is 10.7. The molecule has 0 bridgehead atoms. The molecule has 0 heterocycles. The first kappa shape index (κ1) is 14.5. The van der Waals surface area contributed by atoms with Crippen molar-refractivity contribution in [3.05, 3.63) is 34.9 Å². The molecular weight excluding hydrogens is 236 g/mol. The van der Waals surface area contributed by atoms with Crippen molar-refractivity contribution < 1.29 is 5.11 Å². The van der Waals surface area contributed by atoms with Gasteiger partial charge in [0.15, 0.2) is 0 Å². The van der Waals surface area contributed by atoms with Gasteiger partial charge in [-0.1, -0.05) is 23.7 Å². The largest absolute Gasteiger partial charge is 0.394 e. The number of aliphatic hydroxyl groups is 1. The molecule has 3 N–H and O–H groups in total. The van der Waals surface area contributed by atoms with Gasteiger partial charge in [0.25, 0.3) is 0 Å². The summed E-state index contributed by atoms with van der Waals surface area (Å²) in [6.07, 6.45) is 0. The van der Waals surface area contributed by atoms with Gasteiger partial charge in [0.05, 0.1) is 6.61 Å². The van der Waals surface area contributed by atoms with E-state index in [4.69, 9.17) is 17.3 Å². The van der Waals surface area contributed by atoms with Crippen LogP contribution in [0.3, 0.4) is 0 Å². The highest BCUT2D eigenvalue weighted by Crippen LogP contribution is 2.27. The van der Waals surface area contributed by atoms with Gasteiger partial charge in [0, 0.05) is 23.1 Å². The Morgan fingerprint density at radius 1 is 1.47 bits per heavy atom. The molecule has 0 fully saturated rings. The van der Waals surface area contributed by atoms with Gasteiger partial charge in [-0.05, 0) is 38.6 Å². The van der Waals surface area contributed by atoms with E-state index in [0.717, 1.165) is 5.56 Å². The zero-order chi connectivity index (χ0) is 13.1. The van der Waals surface area contributed by atoms with Crippen molar-refractivity contribution in [2.75, 3.05) is 20.2 Å². The van der Waals surface area contributed by atoms with Crippen LogP contribution in [0.25, 0.3) is 0 Å². The van der Waals surface area contributed by atoms with Crippen LogP contribution in [0, 0.1) is 0 Å². The zero-order valence-corrected chi connectivity index (χ0v) is 11.4. The summed E-state index contributed by atoms with van der Waals surface area (Å²) >= 11 is 5.99. The molecule has 0 saturated heterocycles. The molecule has 3 nitrogen and oxygen atoms in total. The van der Waals surface area contributed by atoms with Gasteiger partial charge in [-0.3, -0.25) is 4.90 Å². The lowest BCUT2D eigenvalue weighted by molar-refractivity contribution is 0.0470. The lowest BCUT2D eigenvalue weighted by Crippen LogP contribution is -2.48. The molecule has 1 unspecified atom stereocenters. The van der Waals surface area contributed by atoms with E-state index in [0.29, 0.717) is 11.6 Å². The molecule has 0 radical (unpaired) electrons. The summed E-state index contributed by atoms with van der Waals surface area (Å²) in [6, 6.07) is 7.74. The van der Waals surface area contributed by atoms with Crippen LogP contribution in [-0.4, -0.2) is 35.7 Å². The molecular formula is C13H21ClN2O. The Morgan fingerprint density at radius 3 is 2.59 bits per heavy atom. The number of rotatable bonds is 5. The van der Waals surface area contributed by atoms with E-state index in [1.807, 2.05) is 45.2 Å². The van der Waals surface area contributed by atoms with E-state index < -0.39 is 0 Å². The molecule has 0 aliphatic carbocycles. The third-order valence-corrected chi connectivity index (χ3v) is 3.50. The first-order valence-electron chi connectivity index (χ1n) is 5.71. The van der Waals surface area contributed by atoms with Crippen LogP contribution in [0.5, 0.6) is 0 Å². The summed E-state index contributed by atoms with van der Waals surface area (Å²) in [7, 11) is 1.97. The SMILES string of the molecule is CN(C(CN)c1cccc(Cl)c1)C(C)(C)CO. The van der Waals surface area contributed by atoms with Crippen LogP contribution in [0.15, 0.2) is 24.3 Å². The molecule has 1 atom stereocenters. The number of benzene rings is 1. The second kappa shape index (κ2) is 5.83. The molecule has 96 valence electrons. The number of aliphatic hydroxyl groups excluding tert-OH is 1. The molecule has 0 amide bonds. The molecule has 1 aromatic rings. The van der Waals surface area contributed by atoms with E-state index >= 15 is 0 Å². The number of nitrogens with zero attached hydrogens (tertiary/aromatic N) is 1. The molecule has 1 aromatic carbocycles. The molecule has 0 saturated carbocycles. The predicted molar refractivity (Wildman–Crippen MR) is 72.2 cm³/mol. The Labute approximate surface area is 108 Å². The van der Waals surface area contributed by atoms with Gasteiger partial charge in [-0.25, -0.2) is 0 Å². The Morgan fingerprint density at radius 2 is 2.12 bits per heavy atom. The van der Waals surface area contributed by atoms with E-state index in [2.05, 4.69) is 4.90 Å². The second-order valence-electron chi connectivity index (χ2n) is 4.89. The highest BCUT2D eigenvalue weighted by atomic mass is 35.5. The smallest absolute Gasteiger partial charge is 0.0610 e. The lowest BCUT2D eigenvalue weighted by Gasteiger charge is -2.39. The quantitative estimate of drug-likeness (QED) is 0.848. The maximum Gasteiger partial charge on any atom is 0.0610 e. The van der Waals surface area contributed by atoms with Gasteiger partial charge < -0.3 is 10.8 Å². The average molecular weight is 257 g/mol. The Hall–Kier alpha value is -0.610. The topological polar surface area (TPSA) is 49.5 Å². The maximum absolute atomic E-state index is 9.40. The molecule has 0 aliphatic heterocycles. The summed E-state index contributed by atoms with van der Waals surface area (Å²) in [5, 5.41) is 10.1. The van der Waals surface area contributed by atoms with Crippen molar-refractivity contribution >= 4 is 11.6 Å². The molecule has 17 heavy (non-hydrogen) atoms. The van der Waals surface area contributed by atoms with Gasteiger partial charge in [-0.2, -0.15) is 0 Å². The predicted octanol–water partition coefficient (Wildman–Crippen LogP) is 2.04. The molecule has 0 spiro atoms. The minimum atomic E-state index is -0.313. The van der Waals surface area contributed by atoms with Gasteiger partial charge in [0.2, 0.25) is 0 Å². The summed E-state index contributed by atoms with van der Waals surface area (Å²) in [5.74, 6) is 0. The van der Waals surface area contributed by atoms with Crippen molar-refractivity contribution in [1.29, 1.82) is 0 Å². The Bertz CT molecular complexity index is 368. The fourth-order valence-corrected chi connectivity index (χ4v) is 1.96. The highest BCUT2D eigenvalue weighted by molar-refractivity contribution is 6.30. The number of hydrogen-bond donors (Lipinski definition) is 2. The van der Waals surface area contributed by atoms with E-state index in [1.54, 1.807) is 0 Å². The van der Waals surface area contributed by atoms with Crippen LogP contribution in [0.4, 0.5) is 0 Å². The van der Waals surface area contributed by atoms with Crippen molar-refractivity contribution in [2.45, 2.75) is 25.4 Å². The lowest BCUT2D eigenvalue weighted by atomic mass is 9.98. The van der Waals surface area contributed by atoms with Crippen molar-refractivity contribution in [1.82, 2.24) is 4.90 Å². The first-order chi connectivity index (χ1) is 7.92. The summed E-state index contributed by atoms with van der Waals surface area (Å²) in [5.41, 5.74) is 6.60. The van der Waals surface area contributed by atoms with Crippen LogP contribution in [-0.2, 0) is 0 Å². The van der Waals surface area contributed by atoms with Crippen molar-refractivity contribution in [3.8, 4) is 0 Å². The second-order valence-corrected chi connectivity index (χ2v) is 5.32.